The van der Waals surface area contributed by atoms with E-state index in [9.17, 15) is 13.6 Å². The molecule has 0 aromatic heterocycles. The number of hydrogen-bond acceptors (Lipinski definition) is 3. The number of rotatable bonds is 9. The summed E-state index contributed by atoms with van der Waals surface area (Å²) < 4.78 is 32.7. The summed E-state index contributed by atoms with van der Waals surface area (Å²) >= 11 is 0. The molecule has 6 heteroatoms. The number of halogens is 2. The monoisotopic (exact) mass is 442 g/mol. The lowest BCUT2D eigenvalue weighted by molar-refractivity contribution is -0.130. The summed E-state index contributed by atoms with van der Waals surface area (Å²) in [7, 11) is 0. The molecule has 0 aliphatic carbocycles. The first-order valence-electron chi connectivity index (χ1n) is 11.2. The molecule has 1 aliphatic heterocycles. The third kappa shape index (κ3) is 6.89. The maximum absolute atomic E-state index is 13.7. The van der Waals surface area contributed by atoms with E-state index in [1.165, 1.54) is 18.2 Å². The smallest absolute Gasteiger partial charge is 0.247 e. The van der Waals surface area contributed by atoms with Crippen LogP contribution in [-0.2, 0) is 11.3 Å². The van der Waals surface area contributed by atoms with E-state index >= 15 is 0 Å². The molecule has 0 spiro atoms. The molecule has 172 valence electrons. The highest BCUT2D eigenvalue weighted by Gasteiger charge is 2.32. The van der Waals surface area contributed by atoms with Gasteiger partial charge in [0.2, 0.25) is 5.91 Å². The van der Waals surface area contributed by atoms with Gasteiger partial charge in [-0.25, -0.2) is 4.39 Å². The van der Waals surface area contributed by atoms with Gasteiger partial charge in [0.15, 0.2) is 0 Å². The summed E-state index contributed by atoms with van der Waals surface area (Å²) in [5.41, 5.74) is 1.69. The zero-order chi connectivity index (χ0) is 22.9. The fourth-order valence-electron chi connectivity index (χ4n) is 3.82. The second-order valence-corrected chi connectivity index (χ2v) is 8.67. The van der Waals surface area contributed by atoms with Crippen molar-refractivity contribution in [2.75, 3.05) is 26.4 Å². The predicted molar refractivity (Wildman–Crippen MR) is 123 cm³/mol. The van der Waals surface area contributed by atoms with E-state index < -0.39 is 6.67 Å². The van der Waals surface area contributed by atoms with Gasteiger partial charge in [0.1, 0.15) is 11.6 Å². The van der Waals surface area contributed by atoms with E-state index in [4.69, 9.17) is 4.74 Å². The number of nitrogens with zero attached hydrogens (tertiary/aromatic N) is 1. The second kappa shape index (κ2) is 11.8. The Morgan fingerprint density at radius 1 is 1.19 bits per heavy atom. The molecule has 2 aromatic carbocycles. The van der Waals surface area contributed by atoms with Crippen LogP contribution in [0.15, 0.2) is 54.6 Å². The number of piperidine rings is 1. The van der Waals surface area contributed by atoms with Crippen LogP contribution >= 0.6 is 0 Å². The molecule has 1 amide bonds. The Morgan fingerprint density at radius 2 is 1.91 bits per heavy atom. The molecule has 0 unspecified atom stereocenters. The number of amides is 1. The highest BCUT2D eigenvalue weighted by molar-refractivity contribution is 5.92. The maximum atomic E-state index is 13.7. The van der Waals surface area contributed by atoms with Gasteiger partial charge in [-0.05, 0) is 60.4 Å². The van der Waals surface area contributed by atoms with Crippen molar-refractivity contribution in [1.82, 2.24) is 10.2 Å². The van der Waals surface area contributed by atoms with Crippen molar-refractivity contribution < 1.29 is 18.3 Å². The van der Waals surface area contributed by atoms with Crippen molar-refractivity contribution in [3.05, 3.63) is 71.6 Å². The largest absolute Gasteiger partial charge is 0.493 e. The van der Waals surface area contributed by atoms with Crippen molar-refractivity contribution in [3.8, 4) is 5.75 Å². The van der Waals surface area contributed by atoms with Crippen molar-refractivity contribution in [2.24, 2.45) is 11.8 Å². The van der Waals surface area contributed by atoms with Crippen LogP contribution in [0.2, 0.25) is 0 Å². The average molecular weight is 443 g/mol. The van der Waals surface area contributed by atoms with Crippen LogP contribution in [-0.4, -0.2) is 43.2 Å². The lowest BCUT2D eigenvalue weighted by atomic mass is 9.92. The SMILES string of the molecule is CC(C)COc1ccc(C=CC(=O)N(Cc2ccc(F)cc2)[C@H]2CCNC[C@H]2CF)cc1. The summed E-state index contributed by atoms with van der Waals surface area (Å²) in [6, 6.07) is 13.5. The first-order valence-corrected chi connectivity index (χ1v) is 11.2. The standard InChI is InChI=1S/C26H32F2N2O2/c1-19(2)18-32-24-10-5-20(6-11-24)7-12-26(31)30(17-21-3-8-23(28)9-4-21)25-13-14-29-16-22(25)15-27/h3-12,19,22,25,29H,13-18H2,1-2H3/t22-,25+/m1/s1. The van der Waals surface area contributed by atoms with Gasteiger partial charge in [-0.2, -0.15) is 0 Å². The number of ether oxygens (including phenoxy) is 1. The molecule has 1 saturated heterocycles. The Kier molecular flexibility index (Phi) is 8.80. The quantitative estimate of drug-likeness (QED) is 0.565. The summed E-state index contributed by atoms with van der Waals surface area (Å²) in [6.07, 6.45) is 3.97. The molecule has 1 aliphatic rings. The lowest BCUT2D eigenvalue weighted by Gasteiger charge is -2.39. The third-order valence-corrected chi connectivity index (χ3v) is 5.60. The molecular weight excluding hydrogens is 410 g/mol. The van der Waals surface area contributed by atoms with E-state index in [0.717, 1.165) is 23.4 Å². The number of hydrogen-bond donors (Lipinski definition) is 1. The molecule has 1 fully saturated rings. The van der Waals surface area contributed by atoms with Gasteiger partial charge in [0.05, 0.1) is 13.3 Å². The van der Waals surface area contributed by atoms with Gasteiger partial charge < -0.3 is 15.0 Å². The van der Waals surface area contributed by atoms with Crippen LogP contribution in [0.25, 0.3) is 6.08 Å². The molecule has 4 nitrogen and oxygen atoms in total. The van der Waals surface area contributed by atoms with Crippen molar-refractivity contribution in [2.45, 2.75) is 32.9 Å². The number of carbonyl (C=O) groups is 1. The van der Waals surface area contributed by atoms with Crippen LogP contribution < -0.4 is 10.1 Å². The minimum absolute atomic E-state index is 0.181. The first-order chi connectivity index (χ1) is 15.5. The number of nitrogens with one attached hydrogen (secondary N) is 1. The lowest BCUT2D eigenvalue weighted by Crippen LogP contribution is -2.51. The average Bonchev–Trinajstić information content (AvgIpc) is 2.81. The van der Waals surface area contributed by atoms with Gasteiger partial charge in [-0.15, -0.1) is 0 Å². The third-order valence-electron chi connectivity index (χ3n) is 5.60. The molecule has 1 heterocycles. The fourth-order valence-corrected chi connectivity index (χ4v) is 3.82. The molecule has 3 rings (SSSR count). The minimum Gasteiger partial charge on any atom is -0.493 e. The van der Waals surface area contributed by atoms with E-state index in [1.54, 1.807) is 23.1 Å². The Balaban J connectivity index is 1.74. The number of carbonyl (C=O) groups excluding carboxylic acids is 1. The fraction of sp³-hybridized carbons (Fsp3) is 0.423. The Labute approximate surface area is 189 Å². The second-order valence-electron chi connectivity index (χ2n) is 8.67. The van der Waals surface area contributed by atoms with E-state index in [1.807, 2.05) is 24.3 Å². The summed E-state index contributed by atoms with van der Waals surface area (Å²) in [5.74, 6) is 0.470. The Hall–Kier alpha value is -2.73. The van der Waals surface area contributed by atoms with Gasteiger partial charge in [-0.1, -0.05) is 38.1 Å². The van der Waals surface area contributed by atoms with Crippen LogP contribution in [0, 0.1) is 17.7 Å². The van der Waals surface area contributed by atoms with Crippen LogP contribution in [0.1, 0.15) is 31.4 Å². The molecule has 2 aromatic rings. The topological polar surface area (TPSA) is 41.6 Å². The van der Waals surface area contributed by atoms with Crippen molar-refractivity contribution in [3.63, 3.8) is 0 Å². The zero-order valence-corrected chi connectivity index (χ0v) is 18.8. The van der Waals surface area contributed by atoms with Gasteiger partial charge in [0.25, 0.3) is 0 Å². The van der Waals surface area contributed by atoms with Gasteiger partial charge >= 0.3 is 0 Å². The summed E-state index contributed by atoms with van der Waals surface area (Å²) in [6.45, 7) is 5.93. The highest BCUT2D eigenvalue weighted by atomic mass is 19.1. The molecular formula is C26H32F2N2O2. The van der Waals surface area contributed by atoms with Crippen LogP contribution in [0.3, 0.4) is 0 Å². The number of benzene rings is 2. The Morgan fingerprint density at radius 3 is 2.56 bits per heavy atom. The molecule has 2 atom stereocenters. The van der Waals surface area contributed by atoms with Crippen molar-refractivity contribution in [1.29, 1.82) is 0 Å². The molecule has 0 radical (unpaired) electrons. The minimum atomic E-state index is -0.494. The van der Waals surface area contributed by atoms with Gasteiger partial charge in [-0.3, -0.25) is 9.18 Å². The number of alkyl halides is 1. The van der Waals surface area contributed by atoms with Crippen molar-refractivity contribution >= 4 is 12.0 Å². The molecule has 0 saturated carbocycles. The highest BCUT2D eigenvalue weighted by Crippen LogP contribution is 2.23. The molecule has 1 N–H and O–H groups in total. The maximum Gasteiger partial charge on any atom is 0.247 e. The van der Waals surface area contributed by atoms with E-state index in [0.29, 0.717) is 32.0 Å². The first kappa shape index (κ1) is 23.9. The normalized spacial score (nSPS) is 18.8. The van der Waals surface area contributed by atoms with Crippen LogP contribution in [0.5, 0.6) is 5.75 Å². The molecule has 32 heavy (non-hydrogen) atoms. The van der Waals surface area contributed by atoms with E-state index in [-0.39, 0.29) is 23.7 Å². The summed E-state index contributed by atoms with van der Waals surface area (Å²) in [4.78, 5) is 14.9. The van der Waals surface area contributed by atoms with Crippen LogP contribution in [0.4, 0.5) is 8.78 Å². The molecule has 0 bridgehead atoms. The zero-order valence-electron chi connectivity index (χ0n) is 18.8. The van der Waals surface area contributed by atoms with E-state index in [2.05, 4.69) is 19.2 Å². The summed E-state index contributed by atoms with van der Waals surface area (Å²) in [5, 5.41) is 3.20. The predicted octanol–water partition coefficient (Wildman–Crippen LogP) is 4.85. The Bertz CT molecular complexity index is 882. The van der Waals surface area contributed by atoms with Gasteiger partial charge in [0, 0.05) is 31.1 Å².